The maximum absolute atomic E-state index is 6.40. The van der Waals surface area contributed by atoms with Gasteiger partial charge in [-0.25, -0.2) is 9.67 Å². The van der Waals surface area contributed by atoms with Gasteiger partial charge in [0.25, 0.3) is 0 Å². The molecule has 0 saturated carbocycles. The van der Waals surface area contributed by atoms with E-state index in [9.17, 15) is 0 Å². The molecule has 0 fully saturated rings. The van der Waals surface area contributed by atoms with Crippen molar-refractivity contribution < 1.29 is 13.9 Å². The summed E-state index contributed by atoms with van der Waals surface area (Å²) in [5.74, 6) is 1.42. The normalized spacial score (nSPS) is 13.1. The van der Waals surface area contributed by atoms with Crippen LogP contribution >= 0.6 is 0 Å². The van der Waals surface area contributed by atoms with Crippen LogP contribution in [-0.4, -0.2) is 49.8 Å². The molecule has 4 aromatic rings. The standard InChI is InChI=1S/C31H41N5O3Si/c1-8-11-23(32)25-13-9-12-24(34-25)21-18-26-22(27(19-21)38-17-16-37-7)20-33-36(26)29-15-10-14-28(35-29)31(5,6)39-40-30(2,3)4/h9-10,12-15,18-20,23H,8,11,16-17,32H2,1-7H3/t23-/m0/s1. The van der Waals surface area contributed by atoms with Gasteiger partial charge in [-0.3, -0.25) is 4.98 Å². The van der Waals surface area contributed by atoms with Crippen LogP contribution in [0.3, 0.4) is 0 Å². The molecule has 3 heterocycles. The molecule has 0 aliphatic carbocycles. The fourth-order valence-electron chi connectivity index (χ4n) is 4.27. The molecule has 3 aromatic heterocycles. The molecule has 0 amide bonds. The second-order valence-electron chi connectivity index (χ2n) is 11.5. The first-order chi connectivity index (χ1) is 19.0. The Morgan fingerprint density at radius 3 is 2.50 bits per heavy atom. The second kappa shape index (κ2) is 12.6. The predicted molar refractivity (Wildman–Crippen MR) is 161 cm³/mol. The van der Waals surface area contributed by atoms with E-state index in [-0.39, 0.29) is 11.1 Å². The average Bonchev–Trinajstić information content (AvgIpc) is 3.36. The smallest absolute Gasteiger partial charge is 0.237 e. The third-order valence-electron chi connectivity index (χ3n) is 6.42. The number of ether oxygens (including phenoxy) is 2. The molecule has 0 aliphatic rings. The average molecular weight is 560 g/mol. The number of aromatic nitrogens is 4. The van der Waals surface area contributed by atoms with Crippen molar-refractivity contribution in [3.05, 3.63) is 66.1 Å². The highest BCUT2D eigenvalue weighted by atomic mass is 28.2. The Kier molecular flexibility index (Phi) is 9.40. The highest BCUT2D eigenvalue weighted by Gasteiger charge is 2.27. The molecule has 2 N–H and O–H groups in total. The summed E-state index contributed by atoms with van der Waals surface area (Å²) in [5.41, 5.74) is 10.2. The number of methoxy groups -OCH3 is 1. The molecule has 9 heteroatoms. The number of hydrogen-bond acceptors (Lipinski definition) is 7. The quantitative estimate of drug-likeness (QED) is 0.158. The van der Waals surface area contributed by atoms with Crippen LogP contribution in [-0.2, 0) is 14.8 Å². The van der Waals surface area contributed by atoms with Crippen molar-refractivity contribution in [1.82, 2.24) is 19.7 Å². The first-order valence-corrected chi connectivity index (χ1v) is 14.7. The zero-order chi connectivity index (χ0) is 28.9. The van der Waals surface area contributed by atoms with Crippen molar-refractivity contribution >= 4 is 20.7 Å². The maximum atomic E-state index is 6.40. The van der Waals surface area contributed by atoms with Gasteiger partial charge in [0.05, 0.1) is 46.4 Å². The van der Waals surface area contributed by atoms with Gasteiger partial charge < -0.3 is 19.6 Å². The molecule has 0 aliphatic heterocycles. The summed E-state index contributed by atoms with van der Waals surface area (Å²) in [6.45, 7) is 13.7. The third kappa shape index (κ3) is 7.14. The Morgan fingerprint density at radius 1 is 1.00 bits per heavy atom. The van der Waals surface area contributed by atoms with E-state index in [1.807, 2.05) is 53.3 Å². The van der Waals surface area contributed by atoms with Gasteiger partial charge in [0.15, 0.2) is 5.82 Å². The lowest BCUT2D eigenvalue weighted by Crippen LogP contribution is -2.28. The molecule has 0 spiro atoms. The third-order valence-corrected chi connectivity index (χ3v) is 7.65. The Morgan fingerprint density at radius 2 is 1.77 bits per heavy atom. The van der Waals surface area contributed by atoms with Gasteiger partial charge in [0, 0.05) is 18.7 Å². The van der Waals surface area contributed by atoms with Crippen LogP contribution in [0, 0.1) is 0 Å². The van der Waals surface area contributed by atoms with Crippen LogP contribution in [0.15, 0.2) is 54.7 Å². The first-order valence-electron chi connectivity index (χ1n) is 13.8. The summed E-state index contributed by atoms with van der Waals surface area (Å²) in [4.78, 5) is 9.90. The first kappa shape index (κ1) is 29.9. The number of pyridine rings is 2. The second-order valence-corrected chi connectivity index (χ2v) is 13.4. The number of nitrogens with zero attached hydrogens (tertiary/aromatic N) is 4. The summed E-state index contributed by atoms with van der Waals surface area (Å²) in [7, 11) is 2.00. The van der Waals surface area contributed by atoms with Crippen molar-refractivity contribution in [3.63, 3.8) is 0 Å². The lowest BCUT2D eigenvalue weighted by atomic mass is 10.0. The van der Waals surface area contributed by atoms with Crippen LogP contribution in [0.25, 0.3) is 28.0 Å². The molecule has 0 unspecified atom stereocenters. The Balaban J connectivity index is 1.79. The van der Waals surface area contributed by atoms with Crippen molar-refractivity contribution in [1.29, 1.82) is 0 Å². The van der Waals surface area contributed by atoms with Gasteiger partial charge >= 0.3 is 0 Å². The fourth-order valence-corrected chi connectivity index (χ4v) is 4.93. The van der Waals surface area contributed by atoms with Crippen molar-refractivity contribution in [3.8, 4) is 22.8 Å². The monoisotopic (exact) mass is 559 g/mol. The summed E-state index contributed by atoms with van der Waals surface area (Å²) >= 11 is 0. The van der Waals surface area contributed by atoms with Crippen LogP contribution in [0.1, 0.15) is 71.8 Å². The molecular formula is C31H41N5O3Si. The largest absolute Gasteiger partial charge is 0.490 e. The van der Waals surface area contributed by atoms with Gasteiger partial charge in [0.2, 0.25) is 9.76 Å². The number of rotatable bonds is 12. The topological polar surface area (TPSA) is 97.3 Å². The Bertz CT molecular complexity index is 1430. The van der Waals surface area contributed by atoms with Gasteiger partial charge in [-0.1, -0.05) is 46.2 Å². The van der Waals surface area contributed by atoms with Gasteiger partial charge in [0.1, 0.15) is 12.4 Å². The molecule has 40 heavy (non-hydrogen) atoms. The fraction of sp³-hybridized carbons (Fsp3) is 0.452. The summed E-state index contributed by atoms with van der Waals surface area (Å²) < 4.78 is 19.6. The van der Waals surface area contributed by atoms with E-state index in [0.29, 0.717) is 34.5 Å². The van der Waals surface area contributed by atoms with E-state index in [2.05, 4.69) is 47.6 Å². The molecule has 4 rings (SSSR count). The lowest BCUT2D eigenvalue weighted by molar-refractivity contribution is 0.104. The van der Waals surface area contributed by atoms with Crippen LogP contribution in [0.4, 0.5) is 0 Å². The van der Waals surface area contributed by atoms with Gasteiger partial charge in [-0.05, 0) is 61.7 Å². The van der Waals surface area contributed by atoms with Crippen LogP contribution in [0.2, 0.25) is 5.04 Å². The van der Waals surface area contributed by atoms with Crippen molar-refractivity contribution in [2.75, 3.05) is 20.3 Å². The van der Waals surface area contributed by atoms with Crippen LogP contribution < -0.4 is 10.5 Å². The molecule has 8 nitrogen and oxygen atoms in total. The molecule has 0 bridgehead atoms. The maximum Gasteiger partial charge on any atom is 0.237 e. The SMILES string of the molecule is CCC[C@H](N)c1cccc(-c2cc(OCCOC)c3cnn(-c4cccc(C(C)(C)O[Si]C(C)(C)C)n4)c3c2)n1. The van der Waals surface area contributed by atoms with Crippen molar-refractivity contribution in [2.45, 2.75) is 71.1 Å². The molecule has 0 saturated heterocycles. The molecule has 212 valence electrons. The molecule has 1 aromatic carbocycles. The van der Waals surface area contributed by atoms with E-state index < -0.39 is 5.60 Å². The number of fused-ring (bicyclic) bond motifs is 1. The minimum atomic E-state index is -0.550. The van der Waals surface area contributed by atoms with E-state index in [1.165, 1.54) is 0 Å². The van der Waals surface area contributed by atoms with E-state index in [0.717, 1.165) is 46.4 Å². The zero-order valence-electron chi connectivity index (χ0n) is 24.7. The molecule has 2 radical (unpaired) electrons. The summed E-state index contributed by atoms with van der Waals surface area (Å²) in [6, 6.07) is 15.9. The zero-order valence-corrected chi connectivity index (χ0v) is 25.7. The van der Waals surface area contributed by atoms with E-state index in [4.69, 9.17) is 34.7 Å². The predicted octanol–water partition coefficient (Wildman–Crippen LogP) is 6.40. The highest BCUT2D eigenvalue weighted by Crippen LogP contribution is 2.34. The van der Waals surface area contributed by atoms with Gasteiger partial charge in [-0.15, -0.1) is 0 Å². The van der Waals surface area contributed by atoms with E-state index >= 15 is 0 Å². The molecular weight excluding hydrogens is 518 g/mol. The lowest BCUT2D eigenvalue weighted by Gasteiger charge is -2.29. The Hall–Kier alpha value is -3.11. The summed E-state index contributed by atoms with van der Waals surface area (Å²) in [5, 5.41) is 5.69. The Labute approximate surface area is 240 Å². The number of benzene rings is 1. The van der Waals surface area contributed by atoms with Crippen molar-refractivity contribution in [2.24, 2.45) is 5.73 Å². The summed E-state index contributed by atoms with van der Waals surface area (Å²) in [6.07, 6.45) is 3.70. The molecule has 1 atom stereocenters. The van der Waals surface area contributed by atoms with Gasteiger partial charge in [-0.2, -0.15) is 5.10 Å². The highest BCUT2D eigenvalue weighted by molar-refractivity contribution is 6.31. The van der Waals surface area contributed by atoms with Crippen LogP contribution in [0.5, 0.6) is 5.75 Å². The van der Waals surface area contributed by atoms with E-state index in [1.54, 1.807) is 7.11 Å². The number of nitrogens with two attached hydrogens (primary N) is 1. The minimum Gasteiger partial charge on any atom is -0.490 e. The number of hydrogen-bond donors (Lipinski definition) is 1. The minimum absolute atomic E-state index is 0.0779.